The van der Waals surface area contributed by atoms with E-state index in [4.69, 9.17) is 0 Å². The van der Waals surface area contributed by atoms with E-state index in [0.717, 1.165) is 6.42 Å². The highest BCUT2D eigenvalue weighted by Crippen LogP contribution is 2.24. The summed E-state index contributed by atoms with van der Waals surface area (Å²) >= 11 is 2.00. The van der Waals surface area contributed by atoms with Gasteiger partial charge >= 0.3 is 0 Å². The smallest absolute Gasteiger partial charge is 0.220 e. The average molecular weight is 173 g/mol. The monoisotopic (exact) mass is 173 g/mol. The van der Waals surface area contributed by atoms with Gasteiger partial charge in [-0.3, -0.25) is 4.79 Å². The van der Waals surface area contributed by atoms with Gasteiger partial charge in [0.2, 0.25) is 5.91 Å². The summed E-state index contributed by atoms with van der Waals surface area (Å²) in [4.78, 5) is 11.0. The normalized spacial score (nSPS) is 19.7. The third-order valence-electron chi connectivity index (χ3n) is 2.09. The van der Waals surface area contributed by atoms with E-state index in [1.165, 1.54) is 24.3 Å². The van der Waals surface area contributed by atoms with E-state index in [1.807, 2.05) is 11.8 Å². The van der Waals surface area contributed by atoms with Crippen LogP contribution >= 0.6 is 11.8 Å². The third-order valence-corrected chi connectivity index (χ3v) is 3.14. The Morgan fingerprint density at radius 3 is 2.73 bits per heavy atom. The summed E-state index contributed by atoms with van der Waals surface area (Å²) in [6, 6.07) is 0. The molecule has 0 aliphatic carbocycles. The highest BCUT2D eigenvalue weighted by atomic mass is 32.2. The van der Waals surface area contributed by atoms with E-state index < -0.39 is 0 Å². The van der Waals surface area contributed by atoms with Crippen molar-refractivity contribution in [2.24, 2.45) is 5.92 Å². The zero-order valence-electron chi connectivity index (χ0n) is 6.93. The molecule has 1 saturated heterocycles. The number of rotatable bonds is 2. The van der Waals surface area contributed by atoms with E-state index in [-0.39, 0.29) is 5.91 Å². The Kier molecular flexibility index (Phi) is 3.77. The molecular formula is C8H15NOS. The molecule has 0 unspecified atom stereocenters. The molecule has 0 radical (unpaired) electrons. The van der Waals surface area contributed by atoms with Crippen LogP contribution in [0.3, 0.4) is 0 Å². The Bertz CT molecular complexity index is 132. The Hall–Kier alpha value is -0.180. The van der Waals surface area contributed by atoms with Crippen molar-refractivity contribution in [1.82, 2.24) is 5.32 Å². The van der Waals surface area contributed by atoms with Gasteiger partial charge in [0.25, 0.3) is 0 Å². The number of hydrogen-bond acceptors (Lipinski definition) is 2. The van der Waals surface area contributed by atoms with Crippen LogP contribution < -0.4 is 5.32 Å². The predicted molar refractivity (Wildman–Crippen MR) is 48.7 cm³/mol. The molecule has 11 heavy (non-hydrogen) atoms. The molecule has 1 fully saturated rings. The Labute approximate surface area is 72.1 Å². The Morgan fingerprint density at radius 2 is 2.18 bits per heavy atom. The minimum Gasteiger partial charge on any atom is -0.359 e. The molecule has 1 aliphatic rings. The van der Waals surface area contributed by atoms with Crippen molar-refractivity contribution in [3.05, 3.63) is 0 Å². The molecule has 0 spiro atoms. The van der Waals surface area contributed by atoms with E-state index in [9.17, 15) is 4.79 Å². The Morgan fingerprint density at radius 1 is 1.55 bits per heavy atom. The molecule has 0 aromatic carbocycles. The summed E-state index contributed by atoms with van der Waals surface area (Å²) in [5.41, 5.74) is 0. The van der Waals surface area contributed by atoms with Gasteiger partial charge in [0, 0.05) is 13.5 Å². The fraction of sp³-hybridized carbons (Fsp3) is 0.875. The summed E-state index contributed by atoms with van der Waals surface area (Å²) in [5.74, 6) is 3.32. The second-order valence-corrected chi connectivity index (χ2v) is 4.16. The van der Waals surface area contributed by atoms with Crippen LogP contribution in [0.5, 0.6) is 0 Å². The molecule has 0 aromatic heterocycles. The molecule has 0 saturated carbocycles. The highest BCUT2D eigenvalue weighted by molar-refractivity contribution is 7.99. The zero-order valence-corrected chi connectivity index (χ0v) is 7.75. The van der Waals surface area contributed by atoms with Crippen LogP contribution in [0.2, 0.25) is 0 Å². The maximum absolute atomic E-state index is 11.0. The van der Waals surface area contributed by atoms with E-state index >= 15 is 0 Å². The van der Waals surface area contributed by atoms with E-state index in [2.05, 4.69) is 5.32 Å². The number of thioether (sulfide) groups is 1. The number of hydrogen-bond donors (Lipinski definition) is 1. The number of carbonyl (C=O) groups is 1. The summed E-state index contributed by atoms with van der Waals surface area (Å²) < 4.78 is 0. The molecule has 64 valence electrons. The molecule has 3 heteroatoms. The fourth-order valence-electron chi connectivity index (χ4n) is 1.31. The van der Waals surface area contributed by atoms with Crippen molar-refractivity contribution in [2.45, 2.75) is 19.3 Å². The lowest BCUT2D eigenvalue weighted by Crippen LogP contribution is -2.23. The first-order valence-corrected chi connectivity index (χ1v) is 5.26. The van der Waals surface area contributed by atoms with Gasteiger partial charge in [0.15, 0.2) is 0 Å². The lowest BCUT2D eigenvalue weighted by Gasteiger charge is -2.19. The lowest BCUT2D eigenvalue weighted by atomic mass is 9.99. The van der Waals surface area contributed by atoms with Gasteiger partial charge in [0.1, 0.15) is 0 Å². The summed E-state index contributed by atoms with van der Waals surface area (Å²) in [6.07, 6.45) is 3.17. The van der Waals surface area contributed by atoms with Crippen molar-refractivity contribution < 1.29 is 4.79 Å². The van der Waals surface area contributed by atoms with E-state index in [0.29, 0.717) is 5.92 Å². The van der Waals surface area contributed by atoms with Crippen molar-refractivity contribution >= 4 is 17.7 Å². The molecule has 0 atom stereocenters. The molecule has 2 nitrogen and oxygen atoms in total. The third kappa shape index (κ3) is 3.14. The predicted octanol–water partition coefficient (Wildman–Crippen LogP) is 1.27. The van der Waals surface area contributed by atoms with Crippen molar-refractivity contribution in [1.29, 1.82) is 0 Å². The van der Waals surface area contributed by atoms with Gasteiger partial charge in [-0.1, -0.05) is 0 Å². The topological polar surface area (TPSA) is 29.1 Å². The molecular weight excluding hydrogens is 158 g/mol. The Balaban J connectivity index is 2.19. The van der Waals surface area contributed by atoms with Crippen LogP contribution in [0.25, 0.3) is 0 Å². The van der Waals surface area contributed by atoms with Crippen LogP contribution in [-0.4, -0.2) is 24.5 Å². The van der Waals surface area contributed by atoms with Crippen LogP contribution in [0.15, 0.2) is 0 Å². The minimum absolute atomic E-state index is 0.196. The molecule has 0 aromatic rings. The van der Waals surface area contributed by atoms with Crippen molar-refractivity contribution in [2.75, 3.05) is 18.6 Å². The first-order chi connectivity index (χ1) is 5.33. The maximum atomic E-state index is 11.0. The van der Waals surface area contributed by atoms with Gasteiger partial charge in [-0.05, 0) is 30.3 Å². The number of amides is 1. The summed E-state index contributed by atoms with van der Waals surface area (Å²) in [7, 11) is 1.71. The van der Waals surface area contributed by atoms with Gasteiger partial charge < -0.3 is 5.32 Å². The van der Waals surface area contributed by atoms with Crippen LogP contribution in [-0.2, 0) is 4.79 Å². The first kappa shape index (κ1) is 8.91. The molecule has 1 rings (SSSR count). The fourth-order valence-corrected chi connectivity index (χ4v) is 2.52. The summed E-state index contributed by atoms with van der Waals surface area (Å²) in [5, 5.41) is 2.67. The average Bonchev–Trinajstić information content (AvgIpc) is 2.06. The zero-order chi connectivity index (χ0) is 8.10. The lowest BCUT2D eigenvalue weighted by molar-refractivity contribution is -0.121. The molecule has 1 aliphatic heterocycles. The molecule has 1 N–H and O–H groups in total. The SMILES string of the molecule is CNC(=O)CC1CCSCC1. The molecule has 0 bridgehead atoms. The molecule has 1 heterocycles. The van der Waals surface area contributed by atoms with E-state index in [1.54, 1.807) is 7.05 Å². The minimum atomic E-state index is 0.196. The summed E-state index contributed by atoms with van der Waals surface area (Å²) in [6.45, 7) is 0. The second-order valence-electron chi connectivity index (χ2n) is 2.93. The van der Waals surface area contributed by atoms with Gasteiger partial charge in [-0.25, -0.2) is 0 Å². The maximum Gasteiger partial charge on any atom is 0.220 e. The van der Waals surface area contributed by atoms with Gasteiger partial charge in [-0.15, -0.1) is 0 Å². The quantitative estimate of drug-likeness (QED) is 0.681. The number of nitrogens with one attached hydrogen (secondary N) is 1. The van der Waals surface area contributed by atoms with Crippen LogP contribution in [0, 0.1) is 5.92 Å². The van der Waals surface area contributed by atoms with Crippen LogP contribution in [0.1, 0.15) is 19.3 Å². The van der Waals surface area contributed by atoms with Crippen molar-refractivity contribution in [3.63, 3.8) is 0 Å². The standard InChI is InChI=1S/C8H15NOS/c1-9-8(10)6-7-2-4-11-5-3-7/h7H,2-6H2,1H3,(H,9,10). The second kappa shape index (κ2) is 4.65. The first-order valence-electron chi connectivity index (χ1n) is 4.11. The largest absolute Gasteiger partial charge is 0.359 e. The highest BCUT2D eigenvalue weighted by Gasteiger charge is 2.15. The van der Waals surface area contributed by atoms with Gasteiger partial charge in [-0.2, -0.15) is 11.8 Å². The number of carbonyl (C=O) groups excluding carboxylic acids is 1. The van der Waals surface area contributed by atoms with Crippen molar-refractivity contribution in [3.8, 4) is 0 Å². The van der Waals surface area contributed by atoms with Gasteiger partial charge in [0.05, 0.1) is 0 Å². The van der Waals surface area contributed by atoms with Crippen LogP contribution in [0.4, 0.5) is 0 Å². The molecule has 1 amide bonds.